The molecule has 0 saturated heterocycles. The van der Waals surface area contributed by atoms with Crippen LogP contribution in [0.15, 0.2) is 48.5 Å². The number of carbonyl (C=O) groups is 2. The highest BCUT2D eigenvalue weighted by Crippen LogP contribution is 2.31. The smallest absolute Gasteiger partial charge is 0.416 e. The van der Waals surface area contributed by atoms with E-state index >= 15 is 0 Å². The maximum absolute atomic E-state index is 12.6. The Hall–Kier alpha value is -3.03. The number of hydrogen-bond acceptors (Lipinski definition) is 3. The Kier molecular flexibility index (Phi) is 5.08. The van der Waals surface area contributed by atoms with E-state index in [1.807, 2.05) is 0 Å². The number of nitrogens with two attached hydrogens (primary N) is 1. The zero-order valence-electron chi connectivity index (χ0n) is 12.3. The highest BCUT2D eigenvalue weighted by atomic mass is 19.4. The largest absolute Gasteiger partial charge is 0.484 e. The fourth-order valence-corrected chi connectivity index (χ4v) is 1.83. The van der Waals surface area contributed by atoms with E-state index in [9.17, 15) is 22.8 Å². The van der Waals surface area contributed by atoms with E-state index < -0.39 is 30.2 Å². The van der Waals surface area contributed by atoms with Gasteiger partial charge in [0.1, 0.15) is 5.75 Å². The van der Waals surface area contributed by atoms with Crippen molar-refractivity contribution >= 4 is 17.5 Å². The molecule has 0 radical (unpaired) electrons. The quantitative estimate of drug-likeness (QED) is 0.879. The Morgan fingerprint density at radius 1 is 1.08 bits per heavy atom. The van der Waals surface area contributed by atoms with E-state index in [0.717, 1.165) is 12.1 Å². The number of hydrogen-bond donors (Lipinski definition) is 2. The van der Waals surface area contributed by atoms with Gasteiger partial charge in [-0.15, -0.1) is 0 Å². The first-order chi connectivity index (χ1) is 11.3. The third-order valence-electron chi connectivity index (χ3n) is 2.98. The van der Waals surface area contributed by atoms with Crippen molar-refractivity contribution in [2.75, 3.05) is 11.9 Å². The normalized spacial score (nSPS) is 11.0. The number of carbonyl (C=O) groups excluding carboxylic acids is 2. The second-order valence-corrected chi connectivity index (χ2v) is 4.80. The van der Waals surface area contributed by atoms with Crippen LogP contribution in [0.2, 0.25) is 0 Å². The van der Waals surface area contributed by atoms with E-state index in [1.165, 1.54) is 36.4 Å². The fraction of sp³-hybridized carbons (Fsp3) is 0.125. The van der Waals surface area contributed by atoms with E-state index in [-0.39, 0.29) is 11.3 Å². The van der Waals surface area contributed by atoms with Crippen LogP contribution in [0, 0.1) is 0 Å². The van der Waals surface area contributed by atoms with Gasteiger partial charge in [-0.1, -0.05) is 6.07 Å². The summed E-state index contributed by atoms with van der Waals surface area (Å²) in [4.78, 5) is 22.7. The van der Waals surface area contributed by atoms with Gasteiger partial charge in [-0.05, 0) is 42.5 Å². The third kappa shape index (κ3) is 4.73. The number of nitrogens with one attached hydrogen (secondary N) is 1. The van der Waals surface area contributed by atoms with Gasteiger partial charge in [-0.2, -0.15) is 13.2 Å². The predicted octanol–water partition coefficient (Wildman–Crippen LogP) is 2.82. The molecule has 126 valence electrons. The van der Waals surface area contributed by atoms with Crippen molar-refractivity contribution in [2.24, 2.45) is 5.73 Å². The van der Waals surface area contributed by atoms with E-state index in [0.29, 0.717) is 5.69 Å². The number of anilines is 1. The monoisotopic (exact) mass is 338 g/mol. The Labute approximate surface area is 135 Å². The van der Waals surface area contributed by atoms with Crippen molar-refractivity contribution in [2.45, 2.75) is 6.18 Å². The SMILES string of the molecule is NC(=O)c1ccc(NC(=O)COc2cccc(C(F)(F)F)c2)cc1. The Morgan fingerprint density at radius 3 is 2.33 bits per heavy atom. The first-order valence-electron chi connectivity index (χ1n) is 6.75. The molecule has 0 bridgehead atoms. The lowest BCUT2D eigenvalue weighted by Gasteiger charge is -2.10. The molecule has 0 saturated carbocycles. The van der Waals surface area contributed by atoms with Crippen LogP contribution in [-0.4, -0.2) is 18.4 Å². The summed E-state index contributed by atoms with van der Waals surface area (Å²) >= 11 is 0. The molecule has 5 nitrogen and oxygen atoms in total. The molecule has 0 atom stereocenters. The number of benzene rings is 2. The Bertz CT molecular complexity index is 743. The Morgan fingerprint density at radius 2 is 1.75 bits per heavy atom. The molecule has 2 amide bonds. The molecule has 0 aliphatic carbocycles. The molecule has 24 heavy (non-hydrogen) atoms. The second-order valence-electron chi connectivity index (χ2n) is 4.80. The lowest BCUT2D eigenvalue weighted by Crippen LogP contribution is -2.20. The van der Waals surface area contributed by atoms with Gasteiger partial charge in [-0.3, -0.25) is 9.59 Å². The van der Waals surface area contributed by atoms with Crippen molar-refractivity contribution in [1.29, 1.82) is 0 Å². The first kappa shape index (κ1) is 17.3. The maximum Gasteiger partial charge on any atom is 0.416 e. The van der Waals surface area contributed by atoms with Crippen LogP contribution in [0.5, 0.6) is 5.75 Å². The standard InChI is InChI=1S/C16H13F3N2O3/c17-16(18,19)11-2-1-3-13(8-11)24-9-14(22)21-12-6-4-10(5-7-12)15(20)23/h1-8H,9H2,(H2,20,23)(H,21,22). The predicted molar refractivity (Wildman–Crippen MR) is 80.5 cm³/mol. The maximum atomic E-state index is 12.6. The summed E-state index contributed by atoms with van der Waals surface area (Å²) in [6.07, 6.45) is -4.48. The van der Waals surface area contributed by atoms with Crippen LogP contribution in [-0.2, 0) is 11.0 Å². The number of alkyl halides is 3. The summed E-state index contributed by atoms with van der Waals surface area (Å²) in [7, 11) is 0. The van der Waals surface area contributed by atoms with Gasteiger partial charge >= 0.3 is 6.18 Å². The molecule has 0 heterocycles. The molecule has 0 spiro atoms. The summed E-state index contributed by atoms with van der Waals surface area (Å²) in [5.41, 5.74) is 4.92. The molecule has 0 unspecified atom stereocenters. The highest BCUT2D eigenvalue weighted by molar-refractivity contribution is 5.95. The number of primary amides is 1. The minimum absolute atomic E-state index is 0.0657. The van der Waals surface area contributed by atoms with Crippen LogP contribution < -0.4 is 15.8 Å². The van der Waals surface area contributed by atoms with E-state index in [4.69, 9.17) is 10.5 Å². The molecule has 0 aromatic heterocycles. The molecule has 8 heteroatoms. The van der Waals surface area contributed by atoms with Gasteiger partial charge < -0.3 is 15.8 Å². The lowest BCUT2D eigenvalue weighted by atomic mass is 10.2. The minimum atomic E-state index is -4.48. The second kappa shape index (κ2) is 7.03. The average molecular weight is 338 g/mol. The summed E-state index contributed by atoms with van der Waals surface area (Å²) < 4.78 is 42.8. The lowest BCUT2D eigenvalue weighted by molar-refractivity contribution is -0.137. The van der Waals surface area contributed by atoms with E-state index in [1.54, 1.807) is 0 Å². The molecule has 2 aromatic rings. The van der Waals surface area contributed by atoms with Crippen molar-refractivity contribution in [3.63, 3.8) is 0 Å². The topological polar surface area (TPSA) is 81.4 Å². The highest BCUT2D eigenvalue weighted by Gasteiger charge is 2.30. The van der Waals surface area contributed by atoms with Crippen molar-refractivity contribution in [3.05, 3.63) is 59.7 Å². The molecule has 3 N–H and O–H groups in total. The summed E-state index contributed by atoms with van der Waals surface area (Å²) in [6, 6.07) is 10.1. The molecular formula is C16H13F3N2O3. The summed E-state index contributed by atoms with van der Waals surface area (Å²) in [5.74, 6) is -1.22. The third-order valence-corrected chi connectivity index (χ3v) is 2.98. The van der Waals surface area contributed by atoms with Crippen LogP contribution >= 0.6 is 0 Å². The number of rotatable bonds is 5. The minimum Gasteiger partial charge on any atom is -0.484 e. The van der Waals surface area contributed by atoms with E-state index in [2.05, 4.69) is 5.32 Å². The van der Waals surface area contributed by atoms with Gasteiger partial charge in [-0.25, -0.2) is 0 Å². The number of ether oxygens (including phenoxy) is 1. The molecular weight excluding hydrogens is 325 g/mol. The summed E-state index contributed by atoms with van der Waals surface area (Å²) in [6.45, 7) is -0.459. The Balaban J connectivity index is 1.92. The van der Waals surface area contributed by atoms with Crippen molar-refractivity contribution in [1.82, 2.24) is 0 Å². The molecule has 2 rings (SSSR count). The number of amides is 2. The van der Waals surface area contributed by atoms with Crippen LogP contribution in [0.3, 0.4) is 0 Å². The first-order valence-corrected chi connectivity index (χ1v) is 6.75. The van der Waals surface area contributed by atoms with Crippen molar-refractivity contribution in [3.8, 4) is 5.75 Å². The van der Waals surface area contributed by atoms with Crippen LogP contribution in [0.4, 0.5) is 18.9 Å². The zero-order chi connectivity index (χ0) is 17.7. The van der Waals surface area contributed by atoms with Gasteiger partial charge in [0.25, 0.3) is 5.91 Å². The fourth-order valence-electron chi connectivity index (χ4n) is 1.83. The zero-order valence-corrected chi connectivity index (χ0v) is 12.3. The molecule has 0 aliphatic rings. The van der Waals surface area contributed by atoms with Crippen molar-refractivity contribution < 1.29 is 27.5 Å². The molecule has 0 aliphatic heterocycles. The molecule has 0 fully saturated rings. The van der Waals surface area contributed by atoms with Gasteiger partial charge in [0.05, 0.1) is 5.56 Å². The van der Waals surface area contributed by atoms with Gasteiger partial charge in [0.2, 0.25) is 5.91 Å². The van der Waals surface area contributed by atoms with Crippen LogP contribution in [0.1, 0.15) is 15.9 Å². The van der Waals surface area contributed by atoms with Gasteiger partial charge in [0.15, 0.2) is 6.61 Å². The van der Waals surface area contributed by atoms with Gasteiger partial charge in [0, 0.05) is 11.3 Å². The van der Waals surface area contributed by atoms with Crippen LogP contribution in [0.25, 0.3) is 0 Å². The summed E-state index contributed by atoms with van der Waals surface area (Å²) in [5, 5.41) is 2.48. The number of halogens is 3. The average Bonchev–Trinajstić information content (AvgIpc) is 2.53. The molecule has 2 aromatic carbocycles.